The predicted octanol–water partition coefficient (Wildman–Crippen LogP) is 1.63. The molecule has 0 spiro atoms. The van der Waals surface area contributed by atoms with E-state index in [9.17, 15) is 9.59 Å². The fourth-order valence-electron chi connectivity index (χ4n) is 1.74. The Labute approximate surface area is 143 Å². The summed E-state index contributed by atoms with van der Waals surface area (Å²) in [6, 6.07) is 3.53. The van der Waals surface area contributed by atoms with Crippen molar-refractivity contribution in [2.24, 2.45) is 0 Å². The summed E-state index contributed by atoms with van der Waals surface area (Å²) in [5.41, 5.74) is 5.86. The van der Waals surface area contributed by atoms with E-state index < -0.39 is 11.2 Å². The molecule has 0 radical (unpaired) electrons. The maximum atomic E-state index is 12.1. The number of ether oxygens (including phenoxy) is 1. The van der Waals surface area contributed by atoms with Gasteiger partial charge in [-0.05, 0) is 26.0 Å². The van der Waals surface area contributed by atoms with E-state index in [0.717, 1.165) is 11.8 Å². The van der Waals surface area contributed by atoms with Gasteiger partial charge in [-0.25, -0.2) is 14.8 Å². The molecule has 24 heavy (non-hydrogen) atoms. The van der Waals surface area contributed by atoms with Crippen molar-refractivity contribution in [1.29, 1.82) is 0 Å². The number of carbonyl (C=O) groups excluding carboxylic acids is 2. The highest BCUT2D eigenvalue weighted by Crippen LogP contribution is 2.21. The van der Waals surface area contributed by atoms with Crippen LogP contribution >= 0.6 is 11.8 Å². The molecule has 0 aliphatic heterocycles. The Kier molecular flexibility index (Phi) is 6.19. The first-order valence-corrected chi connectivity index (χ1v) is 8.15. The Morgan fingerprint density at radius 3 is 2.92 bits per heavy atom. The molecular weight excluding hydrogens is 332 g/mol. The van der Waals surface area contributed by atoms with Crippen molar-refractivity contribution in [2.45, 2.75) is 30.8 Å². The van der Waals surface area contributed by atoms with Gasteiger partial charge in [-0.15, -0.1) is 0 Å². The highest BCUT2D eigenvalue weighted by Gasteiger charge is 2.18. The molecule has 1 atom stereocenters. The van der Waals surface area contributed by atoms with E-state index in [-0.39, 0.29) is 23.9 Å². The Hall–Kier alpha value is -2.55. The standard InChI is InChI=1S/C15H18N4O4S/c1-3-22-14(21)11-8-18-15(19-12(11)16)24-9(2)13(20)17-7-10-5-4-6-23-10/h4-6,8-9H,3,7H2,1-2H3,(H,17,20)(H2,16,18,19). The normalized spacial score (nSPS) is 11.8. The lowest BCUT2D eigenvalue weighted by Gasteiger charge is -2.11. The summed E-state index contributed by atoms with van der Waals surface area (Å²) in [7, 11) is 0. The molecule has 2 aromatic heterocycles. The van der Waals surface area contributed by atoms with Crippen molar-refractivity contribution in [3.8, 4) is 0 Å². The summed E-state index contributed by atoms with van der Waals surface area (Å²) >= 11 is 1.14. The zero-order chi connectivity index (χ0) is 17.5. The second-order valence-electron chi connectivity index (χ2n) is 4.73. The summed E-state index contributed by atoms with van der Waals surface area (Å²) < 4.78 is 10.0. The molecule has 0 bridgehead atoms. The van der Waals surface area contributed by atoms with Crippen molar-refractivity contribution in [3.63, 3.8) is 0 Å². The minimum Gasteiger partial charge on any atom is -0.467 e. The van der Waals surface area contributed by atoms with Crippen LogP contribution in [0.25, 0.3) is 0 Å². The van der Waals surface area contributed by atoms with Crippen LogP contribution in [0.15, 0.2) is 34.2 Å². The molecule has 3 N–H and O–H groups in total. The first-order chi connectivity index (χ1) is 11.5. The number of nitrogens with one attached hydrogen (secondary N) is 1. The van der Waals surface area contributed by atoms with E-state index in [2.05, 4.69) is 15.3 Å². The summed E-state index contributed by atoms with van der Waals surface area (Å²) in [6.45, 7) is 3.96. The molecule has 1 unspecified atom stereocenters. The van der Waals surface area contributed by atoms with Crippen LogP contribution in [0, 0.1) is 0 Å². The van der Waals surface area contributed by atoms with E-state index in [4.69, 9.17) is 14.9 Å². The highest BCUT2D eigenvalue weighted by atomic mass is 32.2. The zero-order valence-corrected chi connectivity index (χ0v) is 14.1. The van der Waals surface area contributed by atoms with Gasteiger partial charge in [-0.3, -0.25) is 4.79 Å². The summed E-state index contributed by atoms with van der Waals surface area (Å²) in [5.74, 6) is -0.0715. The lowest BCUT2D eigenvalue weighted by molar-refractivity contribution is -0.120. The van der Waals surface area contributed by atoms with Gasteiger partial charge in [-0.2, -0.15) is 0 Å². The number of aromatic nitrogens is 2. The van der Waals surface area contributed by atoms with Crippen molar-refractivity contribution >= 4 is 29.5 Å². The minimum atomic E-state index is -0.573. The zero-order valence-electron chi connectivity index (χ0n) is 13.3. The van der Waals surface area contributed by atoms with E-state index in [0.29, 0.717) is 17.5 Å². The molecule has 0 aromatic carbocycles. The minimum absolute atomic E-state index is 0.0224. The summed E-state index contributed by atoms with van der Waals surface area (Å²) in [4.78, 5) is 31.8. The first kappa shape index (κ1) is 17.8. The number of anilines is 1. The Morgan fingerprint density at radius 1 is 1.50 bits per heavy atom. The van der Waals surface area contributed by atoms with E-state index in [1.165, 1.54) is 6.20 Å². The van der Waals surface area contributed by atoms with E-state index in [1.807, 2.05) is 0 Å². The topological polar surface area (TPSA) is 120 Å². The van der Waals surface area contributed by atoms with Crippen LogP contribution in [0.3, 0.4) is 0 Å². The second-order valence-corrected chi connectivity index (χ2v) is 6.04. The van der Waals surface area contributed by atoms with Crippen LogP contribution in [0.5, 0.6) is 0 Å². The number of nitrogens with two attached hydrogens (primary N) is 1. The number of carbonyl (C=O) groups is 2. The Bertz CT molecular complexity index is 706. The van der Waals surface area contributed by atoms with Crippen LogP contribution in [0.2, 0.25) is 0 Å². The van der Waals surface area contributed by atoms with Gasteiger partial charge < -0.3 is 20.2 Å². The van der Waals surface area contributed by atoms with Gasteiger partial charge in [0.2, 0.25) is 5.91 Å². The maximum Gasteiger partial charge on any atom is 0.343 e. The number of hydrogen-bond acceptors (Lipinski definition) is 8. The monoisotopic (exact) mass is 350 g/mol. The number of esters is 1. The van der Waals surface area contributed by atoms with E-state index in [1.54, 1.807) is 32.2 Å². The smallest absolute Gasteiger partial charge is 0.343 e. The summed E-state index contributed by atoms with van der Waals surface area (Å²) in [6.07, 6.45) is 2.84. The number of nitrogens with zero attached hydrogens (tertiary/aromatic N) is 2. The highest BCUT2D eigenvalue weighted by molar-refractivity contribution is 8.00. The fraction of sp³-hybridized carbons (Fsp3) is 0.333. The number of thioether (sulfide) groups is 1. The van der Waals surface area contributed by atoms with Gasteiger partial charge in [0.05, 0.1) is 24.7 Å². The summed E-state index contributed by atoms with van der Waals surface area (Å²) in [5, 5.41) is 2.62. The number of nitrogen functional groups attached to an aromatic ring is 1. The van der Waals surface area contributed by atoms with Gasteiger partial charge >= 0.3 is 5.97 Å². The second kappa shape index (κ2) is 8.34. The molecule has 0 aliphatic rings. The van der Waals surface area contributed by atoms with Gasteiger partial charge in [0.1, 0.15) is 17.1 Å². The van der Waals surface area contributed by atoms with Crippen molar-refractivity contribution < 1.29 is 18.7 Å². The molecule has 2 rings (SSSR count). The molecule has 128 valence electrons. The molecule has 0 saturated heterocycles. The van der Waals surface area contributed by atoms with Gasteiger partial charge in [0.15, 0.2) is 5.16 Å². The molecule has 2 heterocycles. The number of rotatable bonds is 7. The molecule has 8 nitrogen and oxygen atoms in total. The predicted molar refractivity (Wildman–Crippen MR) is 88.3 cm³/mol. The maximum absolute atomic E-state index is 12.1. The molecule has 9 heteroatoms. The van der Waals surface area contributed by atoms with Crippen LogP contribution in [-0.4, -0.2) is 33.7 Å². The van der Waals surface area contributed by atoms with Crippen molar-refractivity contribution in [1.82, 2.24) is 15.3 Å². The molecular formula is C15H18N4O4S. The quantitative estimate of drug-likeness (QED) is 0.439. The Balaban J connectivity index is 1.93. The van der Waals surface area contributed by atoms with Crippen molar-refractivity contribution in [2.75, 3.05) is 12.3 Å². The van der Waals surface area contributed by atoms with Crippen molar-refractivity contribution in [3.05, 3.63) is 35.9 Å². The third kappa shape index (κ3) is 4.72. The van der Waals surface area contributed by atoms with Crippen LogP contribution in [0.4, 0.5) is 5.82 Å². The average molecular weight is 350 g/mol. The fourth-order valence-corrected chi connectivity index (χ4v) is 2.51. The molecule has 0 saturated carbocycles. The number of furan rings is 1. The first-order valence-electron chi connectivity index (χ1n) is 7.27. The van der Waals surface area contributed by atoms with Gasteiger partial charge in [0, 0.05) is 6.20 Å². The van der Waals surface area contributed by atoms with Crippen LogP contribution < -0.4 is 11.1 Å². The Morgan fingerprint density at radius 2 is 2.29 bits per heavy atom. The average Bonchev–Trinajstić information content (AvgIpc) is 3.06. The SMILES string of the molecule is CCOC(=O)c1cnc(SC(C)C(=O)NCc2ccco2)nc1N. The number of amides is 1. The molecule has 1 amide bonds. The van der Waals surface area contributed by atoms with Crippen LogP contribution in [0.1, 0.15) is 30.0 Å². The van der Waals surface area contributed by atoms with Crippen LogP contribution in [-0.2, 0) is 16.1 Å². The largest absolute Gasteiger partial charge is 0.467 e. The lowest BCUT2D eigenvalue weighted by Crippen LogP contribution is -2.30. The molecule has 0 aliphatic carbocycles. The van der Waals surface area contributed by atoms with E-state index >= 15 is 0 Å². The van der Waals surface area contributed by atoms with Gasteiger partial charge in [-0.1, -0.05) is 11.8 Å². The van der Waals surface area contributed by atoms with Gasteiger partial charge in [0.25, 0.3) is 0 Å². The third-order valence-corrected chi connectivity index (χ3v) is 3.93. The lowest BCUT2D eigenvalue weighted by atomic mass is 10.3. The molecule has 2 aromatic rings. The number of hydrogen-bond donors (Lipinski definition) is 2. The third-order valence-electron chi connectivity index (χ3n) is 2.96. The molecule has 0 fully saturated rings.